The number of fused-ring (bicyclic) bond motifs is 1. The Morgan fingerprint density at radius 2 is 1.91 bits per heavy atom. The van der Waals surface area contributed by atoms with E-state index in [1.54, 1.807) is 11.1 Å². The normalized spacial score (nSPS) is 30.7. The van der Waals surface area contributed by atoms with Crippen molar-refractivity contribution in [3.63, 3.8) is 0 Å². The van der Waals surface area contributed by atoms with Gasteiger partial charge in [-0.1, -0.05) is 75.6 Å². The lowest BCUT2D eigenvalue weighted by Crippen LogP contribution is -2.32. The molecule has 3 unspecified atom stereocenters. The molecule has 0 aromatic heterocycles. The highest BCUT2D eigenvalue weighted by molar-refractivity contribution is 5.34. The molecule has 2 fully saturated rings. The third-order valence-electron chi connectivity index (χ3n) is 8.43. The minimum Gasteiger partial charge on any atom is -0.393 e. The van der Waals surface area contributed by atoms with Gasteiger partial charge in [-0.15, -0.1) is 6.58 Å². The summed E-state index contributed by atoms with van der Waals surface area (Å²) < 4.78 is 0. The first-order chi connectivity index (χ1) is 15.2. The minimum absolute atomic E-state index is 0.101. The molecule has 0 saturated heterocycles. The zero-order valence-electron chi connectivity index (χ0n) is 21.6. The molecule has 0 aliphatic heterocycles. The Hall–Kier alpha value is -1.12. The summed E-state index contributed by atoms with van der Waals surface area (Å²) in [6.07, 6.45) is 21.9. The van der Waals surface area contributed by atoms with E-state index in [2.05, 4.69) is 45.6 Å². The standard InChI is InChI=1S/C21H32O.C9H18O/c1-15(2)19-11-12-20-17(7-5-13-21(19,20)3)10-9-16-6-4-8-18(22)14-16;1-4-7-8-9(10,5-2)6-3/h9-11,15,18,20,22H,4-8,12-14H2,1-3H3;4,10H,1,5-8H2,2-3H3/b16-9-,17-10+;. The van der Waals surface area contributed by atoms with E-state index in [0.717, 1.165) is 50.9 Å². The van der Waals surface area contributed by atoms with Gasteiger partial charge in [-0.3, -0.25) is 0 Å². The summed E-state index contributed by atoms with van der Waals surface area (Å²) in [6, 6.07) is 0. The molecule has 0 radical (unpaired) electrons. The van der Waals surface area contributed by atoms with Gasteiger partial charge in [0.05, 0.1) is 11.7 Å². The van der Waals surface area contributed by atoms with Crippen LogP contribution in [0, 0.1) is 17.3 Å². The highest BCUT2D eigenvalue weighted by Crippen LogP contribution is 2.56. The Bertz CT molecular complexity index is 692. The zero-order chi connectivity index (χ0) is 23.8. The fourth-order valence-electron chi connectivity index (χ4n) is 6.17. The third kappa shape index (κ3) is 6.94. The Labute approximate surface area is 198 Å². The molecule has 2 saturated carbocycles. The van der Waals surface area contributed by atoms with Crippen LogP contribution < -0.4 is 0 Å². The average molecular weight is 443 g/mol. The maximum atomic E-state index is 9.83. The number of aliphatic hydroxyl groups is 2. The number of allylic oxidation sites excluding steroid dienone is 6. The topological polar surface area (TPSA) is 40.5 Å². The minimum atomic E-state index is -0.436. The van der Waals surface area contributed by atoms with Gasteiger partial charge in [0.25, 0.3) is 0 Å². The Balaban J connectivity index is 0.000000309. The first-order valence-corrected chi connectivity index (χ1v) is 13.3. The molecule has 0 bridgehead atoms. The summed E-state index contributed by atoms with van der Waals surface area (Å²) in [5.74, 6) is 1.41. The van der Waals surface area contributed by atoms with Crippen molar-refractivity contribution in [2.24, 2.45) is 17.3 Å². The first kappa shape index (κ1) is 27.1. The van der Waals surface area contributed by atoms with Gasteiger partial charge in [0.15, 0.2) is 0 Å². The lowest BCUT2D eigenvalue weighted by Gasteiger charge is -2.42. The van der Waals surface area contributed by atoms with Crippen molar-refractivity contribution < 1.29 is 10.2 Å². The van der Waals surface area contributed by atoms with Gasteiger partial charge in [-0.2, -0.15) is 0 Å². The van der Waals surface area contributed by atoms with Crippen molar-refractivity contribution in [2.45, 2.75) is 123 Å². The molecule has 0 aromatic rings. The summed E-state index contributed by atoms with van der Waals surface area (Å²) in [5.41, 5.74) is 4.78. The Morgan fingerprint density at radius 1 is 1.19 bits per heavy atom. The molecule has 2 heteroatoms. The number of aliphatic hydroxyl groups excluding tert-OH is 1. The van der Waals surface area contributed by atoms with Crippen LogP contribution in [0.25, 0.3) is 0 Å². The third-order valence-corrected chi connectivity index (χ3v) is 8.43. The predicted molar refractivity (Wildman–Crippen MR) is 139 cm³/mol. The molecule has 2 N–H and O–H groups in total. The molecule has 0 aromatic carbocycles. The van der Waals surface area contributed by atoms with Gasteiger partial charge >= 0.3 is 0 Å². The van der Waals surface area contributed by atoms with Crippen molar-refractivity contribution in [3.05, 3.63) is 47.6 Å². The zero-order valence-corrected chi connectivity index (χ0v) is 21.6. The largest absolute Gasteiger partial charge is 0.393 e. The predicted octanol–water partition coefficient (Wildman–Crippen LogP) is 8.07. The van der Waals surface area contributed by atoms with E-state index in [-0.39, 0.29) is 6.10 Å². The Morgan fingerprint density at radius 3 is 2.50 bits per heavy atom. The van der Waals surface area contributed by atoms with E-state index in [9.17, 15) is 10.2 Å². The second-order valence-corrected chi connectivity index (χ2v) is 10.9. The lowest BCUT2D eigenvalue weighted by atomic mass is 9.62. The van der Waals surface area contributed by atoms with Crippen LogP contribution in [0.15, 0.2) is 47.6 Å². The van der Waals surface area contributed by atoms with Crippen molar-refractivity contribution in [2.75, 3.05) is 0 Å². The van der Waals surface area contributed by atoms with Crippen LogP contribution in [-0.4, -0.2) is 21.9 Å². The molecule has 3 rings (SSSR count). The molecule has 0 heterocycles. The van der Waals surface area contributed by atoms with Gasteiger partial charge < -0.3 is 10.2 Å². The number of hydrogen-bond acceptors (Lipinski definition) is 2. The maximum Gasteiger partial charge on any atom is 0.0645 e. The fourth-order valence-corrected chi connectivity index (χ4v) is 6.17. The smallest absolute Gasteiger partial charge is 0.0645 e. The van der Waals surface area contributed by atoms with Gasteiger partial charge in [0.2, 0.25) is 0 Å². The van der Waals surface area contributed by atoms with Crippen molar-refractivity contribution >= 4 is 0 Å². The molecule has 182 valence electrons. The van der Waals surface area contributed by atoms with Crippen molar-refractivity contribution in [3.8, 4) is 0 Å². The van der Waals surface area contributed by atoms with Crippen LogP contribution in [0.2, 0.25) is 0 Å². The summed E-state index contributed by atoms with van der Waals surface area (Å²) in [4.78, 5) is 0. The van der Waals surface area contributed by atoms with Gasteiger partial charge in [-0.25, -0.2) is 0 Å². The molecule has 2 nitrogen and oxygen atoms in total. The first-order valence-electron chi connectivity index (χ1n) is 13.3. The van der Waals surface area contributed by atoms with E-state index in [0.29, 0.717) is 11.3 Å². The van der Waals surface area contributed by atoms with Crippen LogP contribution in [0.1, 0.15) is 112 Å². The van der Waals surface area contributed by atoms with E-state index >= 15 is 0 Å². The fraction of sp³-hybridized carbons (Fsp3) is 0.733. The van der Waals surface area contributed by atoms with Gasteiger partial charge in [0, 0.05) is 0 Å². The van der Waals surface area contributed by atoms with Crippen LogP contribution in [0.4, 0.5) is 0 Å². The molecule has 0 amide bonds. The van der Waals surface area contributed by atoms with E-state index in [1.165, 1.54) is 37.7 Å². The molecule has 3 aliphatic carbocycles. The SMILES string of the molecule is C=CCCC(O)(CC)CC.CC(C)C1=CCC2/C(=C/C=C3/CCCC(O)C3)CCCC12C. The van der Waals surface area contributed by atoms with Gasteiger partial charge in [0.1, 0.15) is 0 Å². The van der Waals surface area contributed by atoms with E-state index in [1.807, 2.05) is 19.9 Å². The molecule has 0 spiro atoms. The number of hydrogen-bond donors (Lipinski definition) is 2. The molecule has 3 atom stereocenters. The highest BCUT2D eigenvalue weighted by Gasteiger charge is 2.45. The molecule has 32 heavy (non-hydrogen) atoms. The quantitative estimate of drug-likeness (QED) is 0.391. The van der Waals surface area contributed by atoms with Crippen LogP contribution >= 0.6 is 0 Å². The van der Waals surface area contributed by atoms with Crippen LogP contribution in [0.3, 0.4) is 0 Å². The monoisotopic (exact) mass is 442 g/mol. The number of rotatable bonds is 7. The summed E-state index contributed by atoms with van der Waals surface area (Å²) in [6.45, 7) is 14.9. The average Bonchev–Trinajstić information content (AvgIpc) is 3.14. The van der Waals surface area contributed by atoms with E-state index < -0.39 is 5.60 Å². The molecular weight excluding hydrogens is 392 g/mol. The second kappa shape index (κ2) is 12.4. The van der Waals surface area contributed by atoms with Crippen LogP contribution in [0.5, 0.6) is 0 Å². The Kier molecular flexibility index (Phi) is 10.5. The second-order valence-electron chi connectivity index (χ2n) is 10.9. The van der Waals surface area contributed by atoms with Crippen molar-refractivity contribution in [1.29, 1.82) is 0 Å². The molecule has 3 aliphatic rings. The van der Waals surface area contributed by atoms with E-state index in [4.69, 9.17) is 0 Å². The van der Waals surface area contributed by atoms with Gasteiger partial charge in [-0.05, 0) is 94.3 Å². The van der Waals surface area contributed by atoms with Crippen molar-refractivity contribution in [1.82, 2.24) is 0 Å². The lowest BCUT2D eigenvalue weighted by molar-refractivity contribution is 0.0246. The summed E-state index contributed by atoms with van der Waals surface area (Å²) in [7, 11) is 0. The highest BCUT2D eigenvalue weighted by atomic mass is 16.3. The molecular formula is C30H50O2. The summed E-state index contributed by atoms with van der Waals surface area (Å²) >= 11 is 0. The summed E-state index contributed by atoms with van der Waals surface area (Å²) in [5, 5.41) is 19.5. The maximum absolute atomic E-state index is 9.83. The van der Waals surface area contributed by atoms with Crippen LogP contribution in [-0.2, 0) is 0 Å².